The van der Waals surface area contributed by atoms with Gasteiger partial charge in [-0.25, -0.2) is 4.39 Å². The summed E-state index contributed by atoms with van der Waals surface area (Å²) in [6, 6.07) is 1.52. The number of carboxylic acids is 1. The average molecular weight is 325 g/mol. The SMILES string of the molecule is N[C@@H](Cc1cc(F)c(O)c(I)c1)C(=O)O. The van der Waals surface area contributed by atoms with Gasteiger partial charge < -0.3 is 15.9 Å². The number of halogens is 2. The number of nitrogens with two attached hydrogens (primary N) is 1. The summed E-state index contributed by atoms with van der Waals surface area (Å²) in [5, 5.41) is 17.7. The van der Waals surface area contributed by atoms with Crippen LogP contribution in [0.15, 0.2) is 12.1 Å². The number of hydrogen-bond acceptors (Lipinski definition) is 3. The highest BCUT2D eigenvalue weighted by atomic mass is 127. The third kappa shape index (κ3) is 3.03. The van der Waals surface area contributed by atoms with Gasteiger partial charge in [0.2, 0.25) is 0 Å². The topological polar surface area (TPSA) is 83.5 Å². The van der Waals surface area contributed by atoms with Crippen molar-refractivity contribution < 1.29 is 19.4 Å². The molecule has 0 amide bonds. The predicted molar refractivity (Wildman–Crippen MR) is 60.1 cm³/mol. The summed E-state index contributed by atoms with van der Waals surface area (Å²) >= 11 is 1.76. The highest BCUT2D eigenvalue weighted by Gasteiger charge is 2.14. The first-order valence-corrected chi connectivity index (χ1v) is 5.15. The Morgan fingerprint density at radius 3 is 2.67 bits per heavy atom. The molecule has 0 radical (unpaired) electrons. The third-order valence-electron chi connectivity index (χ3n) is 1.85. The number of carbonyl (C=O) groups is 1. The van der Waals surface area contributed by atoms with Crippen LogP contribution >= 0.6 is 22.6 Å². The van der Waals surface area contributed by atoms with Crippen molar-refractivity contribution in [1.29, 1.82) is 0 Å². The molecule has 1 aromatic rings. The molecule has 0 fully saturated rings. The first-order chi connectivity index (χ1) is 6.91. The van der Waals surface area contributed by atoms with E-state index in [1.165, 1.54) is 6.07 Å². The van der Waals surface area contributed by atoms with E-state index in [1.807, 2.05) is 0 Å². The number of aliphatic carboxylic acids is 1. The molecule has 6 heteroatoms. The smallest absolute Gasteiger partial charge is 0.320 e. The second kappa shape index (κ2) is 4.75. The van der Waals surface area contributed by atoms with Gasteiger partial charge in [-0.2, -0.15) is 0 Å². The highest BCUT2D eigenvalue weighted by molar-refractivity contribution is 14.1. The molecule has 0 spiro atoms. The Balaban J connectivity index is 2.92. The summed E-state index contributed by atoms with van der Waals surface area (Å²) < 4.78 is 13.4. The lowest BCUT2D eigenvalue weighted by atomic mass is 10.1. The van der Waals surface area contributed by atoms with Crippen molar-refractivity contribution in [2.75, 3.05) is 0 Å². The van der Waals surface area contributed by atoms with Crippen LogP contribution in [-0.2, 0) is 11.2 Å². The van der Waals surface area contributed by atoms with Crippen LogP contribution in [0.4, 0.5) is 4.39 Å². The molecule has 0 bridgehead atoms. The fourth-order valence-electron chi connectivity index (χ4n) is 1.08. The van der Waals surface area contributed by atoms with Crippen molar-refractivity contribution >= 4 is 28.6 Å². The molecular formula is C9H9FINO3. The van der Waals surface area contributed by atoms with Gasteiger partial charge in [0.25, 0.3) is 0 Å². The van der Waals surface area contributed by atoms with E-state index in [2.05, 4.69) is 0 Å². The van der Waals surface area contributed by atoms with Crippen LogP contribution in [0.1, 0.15) is 5.56 Å². The number of rotatable bonds is 3. The molecule has 4 N–H and O–H groups in total. The number of carboxylic acid groups (broad SMARTS) is 1. The van der Waals surface area contributed by atoms with Crippen LogP contribution < -0.4 is 5.73 Å². The third-order valence-corrected chi connectivity index (χ3v) is 2.67. The summed E-state index contributed by atoms with van der Waals surface area (Å²) in [4.78, 5) is 10.5. The largest absolute Gasteiger partial charge is 0.504 e. The fourth-order valence-corrected chi connectivity index (χ4v) is 1.73. The van der Waals surface area contributed by atoms with E-state index in [9.17, 15) is 9.18 Å². The van der Waals surface area contributed by atoms with Crippen LogP contribution in [0.5, 0.6) is 5.75 Å². The molecule has 15 heavy (non-hydrogen) atoms. The molecule has 0 heterocycles. The average Bonchev–Trinajstić information content (AvgIpc) is 2.13. The number of phenols is 1. The number of phenolic OH excluding ortho intramolecular Hbond substituents is 1. The lowest BCUT2D eigenvalue weighted by Crippen LogP contribution is -2.32. The van der Waals surface area contributed by atoms with E-state index in [1.54, 1.807) is 22.6 Å². The zero-order valence-corrected chi connectivity index (χ0v) is 9.73. The Labute approximate surface area is 99.0 Å². The quantitative estimate of drug-likeness (QED) is 0.727. The first kappa shape index (κ1) is 12.2. The molecular weight excluding hydrogens is 316 g/mol. The van der Waals surface area contributed by atoms with Gasteiger partial charge in [0.1, 0.15) is 6.04 Å². The van der Waals surface area contributed by atoms with Crippen molar-refractivity contribution in [2.24, 2.45) is 5.73 Å². The molecule has 82 valence electrons. The molecule has 0 unspecified atom stereocenters. The van der Waals surface area contributed by atoms with E-state index >= 15 is 0 Å². The minimum absolute atomic E-state index is 0.0303. The van der Waals surface area contributed by atoms with Gasteiger partial charge in [0.05, 0.1) is 3.57 Å². The van der Waals surface area contributed by atoms with Crippen molar-refractivity contribution in [3.05, 3.63) is 27.1 Å². The minimum atomic E-state index is -1.14. The molecule has 1 atom stereocenters. The minimum Gasteiger partial charge on any atom is -0.504 e. The van der Waals surface area contributed by atoms with E-state index < -0.39 is 23.6 Å². The molecule has 0 saturated heterocycles. The van der Waals surface area contributed by atoms with Crippen LogP contribution in [-0.4, -0.2) is 22.2 Å². The van der Waals surface area contributed by atoms with Crippen molar-refractivity contribution in [2.45, 2.75) is 12.5 Å². The van der Waals surface area contributed by atoms with Gasteiger partial charge in [-0.15, -0.1) is 0 Å². The number of aromatic hydroxyl groups is 1. The summed E-state index contributed by atoms with van der Waals surface area (Å²) in [7, 11) is 0. The summed E-state index contributed by atoms with van der Waals surface area (Å²) in [6.45, 7) is 0. The molecule has 0 aliphatic heterocycles. The Bertz CT molecular complexity index is 374. The number of benzene rings is 1. The normalized spacial score (nSPS) is 12.5. The zero-order chi connectivity index (χ0) is 11.6. The Morgan fingerprint density at radius 2 is 2.20 bits per heavy atom. The van der Waals surface area contributed by atoms with E-state index in [0.717, 1.165) is 6.07 Å². The number of hydrogen-bond donors (Lipinski definition) is 3. The molecule has 0 saturated carbocycles. The van der Waals surface area contributed by atoms with Crippen LogP contribution in [0, 0.1) is 9.39 Å². The zero-order valence-electron chi connectivity index (χ0n) is 7.58. The second-order valence-electron chi connectivity index (χ2n) is 3.06. The van der Waals surface area contributed by atoms with Gasteiger partial charge >= 0.3 is 5.97 Å². The Hall–Kier alpha value is -0.890. The van der Waals surface area contributed by atoms with Crippen LogP contribution in [0.2, 0.25) is 0 Å². The highest BCUT2D eigenvalue weighted by Crippen LogP contribution is 2.24. The van der Waals surface area contributed by atoms with E-state index in [4.69, 9.17) is 15.9 Å². The Kier molecular flexibility index (Phi) is 3.86. The monoisotopic (exact) mass is 325 g/mol. The molecule has 0 aliphatic rings. The molecule has 0 aliphatic carbocycles. The van der Waals surface area contributed by atoms with Gasteiger partial charge in [0.15, 0.2) is 11.6 Å². The van der Waals surface area contributed by atoms with Gasteiger partial charge in [0, 0.05) is 0 Å². The molecule has 0 aromatic heterocycles. The van der Waals surface area contributed by atoms with Gasteiger partial charge in [-0.05, 0) is 46.7 Å². The van der Waals surface area contributed by atoms with Crippen LogP contribution in [0.25, 0.3) is 0 Å². The molecule has 1 rings (SSSR count). The van der Waals surface area contributed by atoms with Crippen molar-refractivity contribution in [1.82, 2.24) is 0 Å². The second-order valence-corrected chi connectivity index (χ2v) is 4.22. The molecule has 4 nitrogen and oxygen atoms in total. The standard InChI is InChI=1S/C9H9FINO3/c10-5-1-4(2-6(11)8(5)13)3-7(12)9(14)15/h1-2,7,13H,3,12H2,(H,14,15)/t7-/m0/s1. The maximum atomic E-state index is 13.0. The van der Waals surface area contributed by atoms with Gasteiger partial charge in [-0.3, -0.25) is 4.79 Å². The lowest BCUT2D eigenvalue weighted by molar-refractivity contribution is -0.138. The van der Waals surface area contributed by atoms with Crippen LogP contribution in [0.3, 0.4) is 0 Å². The summed E-state index contributed by atoms with van der Waals surface area (Å²) in [5.74, 6) is -2.34. The van der Waals surface area contributed by atoms with E-state index in [-0.39, 0.29) is 6.42 Å². The lowest BCUT2D eigenvalue weighted by Gasteiger charge is -2.08. The Morgan fingerprint density at radius 1 is 1.60 bits per heavy atom. The van der Waals surface area contributed by atoms with Gasteiger partial charge in [-0.1, -0.05) is 0 Å². The summed E-state index contributed by atoms with van der Waals surface area (Å²) in [6.07, 6.45) is 0.0303. The summed E-state index contributed by atoms with van der Waals surface area (Å²) in [5.41, 5.74) is 5.75. The van der Waals surface area contributed by atoms with Crippen molar-refractivity contribution in [3.63, 3.8) is 0 Å². The van der Waals surface area contributed by atoms with E-state index in [0.29, 0.717) is 9.13 Å². The van der Waals surface area contributed by atoms with Crippen molar-refractivity contribution in [3.8, 4) is 5.75 Å². The fraction of sp³-hybridized carbons (Fsp3) is 0.222. The maximum absolute atomic E-state index is 13.0. The first-order valence-electron chi connectivity index (χ1n) is 4.07. The predicted octanol–water partition coefficient (Wildman–Crippen LogP) is 1.09. The molecule has 1 aromatic carbocycles. The maximum Gasteiger partial charge on any atom is 0.320 e.